The van der Waals surface area contributed by atoms with Gasteiger partial charge in [0.15, 0.2) is 11.5 Å². The van der Waals surface area contributed by atoms with Gasteiger partial charge >= 0.3 is 0 Å². The zero-order valence-electron chi connectivity index (χ0n) is 10.3. The van der Waals surface area contributed by atoms with Gasteiger partial charge in [-0.25, -0.2) is 0 Å². The van der Waals surface area contributed by atoms with E-state index in [1.165, 1.54) is 7.11 Å². The first-order valence-electron chi connectivity index (χ1n) is 5.93. The molecular weight excluding hydrogens is 262 g/mol. The van der Waals surface area contributed by atoms with Crippen LogP contribution in [0.1, 0.15) is 22.8 Å². The van der Waals surface area contributed by atoms with Crippen molar-refractivity contribution in [3.63, 3.8) is 0 Å². The van der Waals surface area contributed by atoms with Gasteiger partial charge in [-0.3, -0.25) is 4.79 Å². The summed E-state index contributed by atoms with van der Waals surface area (Å²) < 4.78 is 5.04. The summed E-state index contributed by atoms with van der Waals surface area (Å²) >= 11 is 1.62. The van der Waals surface area contributed by atoms with Crippen LogP contribution in [-0.4, -0.2) is 18.1 Å². The molecule has 1 aliphatic heterocycles. The van der Waals surface area contributed by atoms with Crippen molar-refractivity contribution in [3.8, 4) is 11.5 Å². The number of benzene rings is 1. The van der Waals surface area contributed by atoms with Gasteiger partial charge < -0.3 is 15.2 Å². The van der Waals surface area contributed by atoms with E-state index in [-0.39, 0.29) is 17.6 Å². The van der Waals surface area contributed by atoms with E-state index in [1.807, 2.05) is 17.5 Å². The zero-order valence-corrected chi connectivity index (χ0v) is 11.2. The van der Waals surface area contributed by atoms with Crippen LogP contribution in [0.4, 0.5) is 5.69 Å². The largest absolute Gasteiger partial charge is 0.504 e. The third kappa shape index (κ3) is 2.06. The van der Waals surface area contributed by atoms with Gasteiger partial charge in [0.1, 0.15) is 0 Å². The Kier molecular flexibility index (Phi) is 2.91. The van der Waals surface area contributed by atoms with Crippen LogP contribution in [-0.2, 0) is 4.79 Å². The maximum Gasteiger partial charge on any atom is 0.225 e. The molecule has 2 aromatic rings. The minimum absolute atomic E-state index is 0.000515. The molecule has 1 aromatic carbocycles. The Morgan fingerprint density at radius 2 is 2.26 bits per heavy atom. The Labute approximate surface area is 114 Å². The molecule has 0 spiro atoms. The molecule has 3 rings (SSSR count). The molecule has 0 saturated carbocycles. The fourth-order valence-corrected chi connectivity index (χ4v) is 3.35. The number of carbonyl (C=O) groups excluding carboxylic acids is 1. The second-order valence-electron chi connectivity index (χ2n) is 4.43. The fraction of sp³-hybridized carbons (Fsp3) is 0.214. The summed E-state index contributed by atoms with van der Waals surface area (Å²) in [7, 11) is 1.51. The number of anilines is 1. The third-order valence-corrected chi connectivity index (χ3v) is 4.31. The molecule has 1 aliphatic rings. The van der Waals surface area contributed by atoms with E-state index in [1.54, 1.807) is 23.5 Å². The number of methoxy groups -OCH3 is 1. The molecule has 1 amide bonds. The SMILES string of the molecule is COc1ccc([C@@H]2CC(=O)Nc3ccsc32)cc1O. The van der Waals surface area contributed by atoms with Crippen molar-refractivity contribution in [3.05, 3.63) is 40.1 Å². The van der Waals surface area contributed by atoms with Gasteiger partial charge in [0.05, 0.1) is 12.8 Å². The second-order valence-corrected chi connectivity index (χ2v) is 5.38. The van der Waals surface area contributed by atoms with Crippen molar-refractivity contribution < 1.29 is 14.6 Å². The number of hydrogen-bond acceptors (Lipinski definition) is 4. The van der Waals surface area contributed by atoms with E-state index in [4.69, 9.17) is 4.74 Å². The van der Waals surface area contributed by atoms with Crippen molar-refractivity contribution in [2.24, 2.45) is 0 Å². The molecule has 0 fully saturated rings. The monoisotopic (exact) mass is 275 g/mol. The molecule has 2 N–H and O–H groups in total. The molecule has 1 aromatic heterocycles. The number of phenolic OH excluding ortho intramolecular Hbond substituents is 1. The number of aromatic hydroxyl groups is 1. The van der Waals surface area contributed by atoms with Crippen LogP contribution in [0.2, 0.25) is 0 Å². The standard InChI is InChI=1S/C14H13NO3S/c1-18-12-3-2-8(6-11(12)16)9-7-13(17)15-10-4-5-19-14(9)10/h2-6,9,16H,7H2,1H3,(H,15,17)/t9-/m0/s1. The Hall–Kier alpha value is -2.01. The first kappa shape index (κ1) is 12.0. The first-order chi connectivity index (χ1) is 9.19. The number of phenols is 1. The lowest BCUT2D eigenvalue weighted by atomic mass is 9.90. The number of nitrogens with one attached hydrogen (secondary N) is 1. The molecule has 1 atom stereocenters. The molecule has 0 saturated heterocycles. The highest BCUT2D eigenvalue weighted by molar-refractivity contribution is 7.10. The van der Waals surface area contributed by atoms with Crippen molar-refractivity contribution in [1.29, 1.82) is 0 Å². The third-order valence-electron chi connectivity index (χ3n) is 3.28. The van der Waals surface area contributed by atoms with E-state index >= 15 is 0 Å². The number of amides is 1. The van der Waals surface area contributed by atoms with Crippen LogP contribution in [0.3, 0.4) is 0 Å². The van der Waals surface area contributed by atoms with E-state index in [0.29, 0.717) is 12.2 Å². The van der Waals surface area contributed by atoms with Gasteiger partial charge in [-0.15, -0.1) is 11.3 Å². The Bertz CT molecular complexity index is 635. The zero-order chi connectivity index (χ0) is 13.4. The average Bonchev–Trinajstić information content (AvgIpc) is 2.85. The van der Waals surface area contributed by atoms with Crippen molar-refractivity contribution in [2.45, 2.75) is 12.3 Å². The lowest BCUT2D eigenvalue weighted by Gasteiger charge is -2.23. The summed E-state index contributed by atoms with van der Waals surface area (Å²) in [6.45, 7) is 0. The number of fused-ring (bicyclic) bond motifs is 1. The second kappa shape index (κ2) is 4.59. The Morgan fingerprint density at radius 1 is 1.42 bits per heavy atom. The summed E-state index contributed by atoms with van der Waals surface area (Å²) in [5, 5.41) is 14.7. The molecule has 4 nitrogen and oxygen atoms in total. The van der Waals surface area contributed by atoms with Gasteiger partial charge in [-0.2, -0.15) is 0 Å². The van der Waals surface area contributed by atoms with Crippen molar-refractivity contribution in [2.75, 3.05) is 12.4 Å². The quantitative estimate of drug-likeness (QED) is 0.886. The summed E-state index contributed by atoms with van der Waals surface area (Å²) in [4.78, 5) is 12.9. The molecule has 19 heavy (non-hydrogen) atoms. The molecule has 5 heteroatoms. The summed E-state index contributed by atoms with van der Waals surface area (Å²) in [6.07, 6.45) is 0.402. The molecular formula is C14H13NO3S. The minimum atomic E-state index is 0.000515. The maximum absolute atomic E-state index is 11.7. The number of thiophene rings is 1. The molecule has 0 unspecified atom stereocenters. The molecule has 2 heterocycles. The van der Waals surface area contributed by atoms with Crippen molar-refractivity contribution >= 4 is 22.9 Å². The van der Waals surface area contributed by atoms with Crippen LogP contribution >= 0.6 is 11.3 Å². The predicted molar refractivity (Wildman–Crippen MR) is 74.1 cm³/mol. The van der Waals surface area contributed by atoms with Gasteiger partial charge in [-0.05, 0) is 29.1 Å². The minimum Gasteiger partial charge on any atom is -0.504 e. The van der Waals surface area contributed by atoms with Crippen LogP contribution in [0.25, 0.3) is 0 Å². The Balaban J connectivity index is 2.03. The van der Waals surface area contributed by atoms with Crippen LogP contribution in [0.5, 0.6) is 11.5 Å². The van der Waals surface area contributed by atoms with Crippen molar-refractivity contribution in [1.82, 2.24) is 0 Å². The molecule has 0 bridgehead atoms. The highest BCUT2D eigenvalue weighted by atomic mass is 32.1. The highest BCUT2D eigenvalue weighted by Crippen LogP contribution is 2.42. The highest BCUT2D eigenvalue weighted by Gasteiger charge is 2.28. The molecule has 0 aliphatic carbocycles. The van der Waals surface area contributed by atoms with Crippen LogP contribution < -0.4 is 10.1 Å². The average molecular weight is 275 g/mol. The predicted octanol–water partition coefficient (Wildman–Crippen LogP) is 2.94. The summed E-state index contributed by atoms with van der Waals surface area (Å²) in [5.41, 5.74) is 1.80. The summed E-state index contributed by atoms with van der Waals surface area (Å²) in [6, 6.07) is 7.20. The van der Waals surface area contributed by atoms with Gasteiger partial charge in [0.2, 0.25) is 5.91 Å². The van der Waals surface area contributed by atoms with Gasteiger partial charge in [-0.1, -0.05) is 6.07 Å². The van der Waals surface area contributed by atoms with Gasteiger partial charge in [0.25, 0.3) is 0 Å². The smallest absolute Gasteiger partial charge is 0.225 e. The first-order valence-corrected chi connectivity index (χ1v) is 6.81. The number of carbonyl (C=O) groups is 1. The van der Waals surface area contributed by atoms with E-state index in [0.717, 1.165) is 16.1 Å². The van der Waals surface area contributed by atoms with Crippen LogP contribution in [0.15, 0.2) is 29.6 Å². The number of hydrogen-bond donors (Lipinski definition) is 2. The lowest BCUT2D eigenvalue weighted by Crippen LogP contribution is -2.21. The number of ether oxygens (including phenoxy) is 1. The molecule has 98 valence electrons. The van der Waals surface area contributed by atoms with Gasteiger partial charge in [0, 0.05) is 17.2 Å². The van der Waals surface area contributed by atoms with E-state index in [2.05, 4.69) is 5.32 Å². The Morgan fingerprint density at radius 3 is 3.00 bits per heavy atom. The maximum atomic E-state index is 11.7. The number of rotatable bonds is 2. The topological polar surface area (TPSA) is 58.6 Å². The van der Waals surface area contributed by atoms with E-state index in [9.17, 15) is 9.90 Å². The van der Waals surface area contributed by atoms with E-state index < -0.39 is 0 Å². The lowest BCUT2D eigenvalue weighted by molar-refractivity contribution is -0.116. The molecule has 0 radical (unpaired) electrons. The van der Waals surface area contributed by atoms with Crippen LogP contribution in [0, 0.1) is 0 Å². The fourth-order valence-electron chi connectivity index (χ4n) is 2.37. The summed E-state index contributed by atoms with van der Waals surface area (Å²) in [5.74, 6) is 0.547. The normalized spacial score (nSPS) is 17.7.